The van der Waals surface area contributed by atoms with Crippen LogP contribution in [-0.4, -0.2) is 39.6 Å². The zero-order valence-electron chi connectivity index (χ0n) is 46.1. The third-order valence-electron chi connectivity index (χ3n) is 16.9. The van der Waals surface area contributed by atoms with Crippen molar-refractivity contribution in [2.45, 2.75) is 186 Å². The molecule has 2 saturated carbocycles. The SMILES string of the molecule is CCCCCC1CCC(c2ccc(OCCCCCCOc3ccc4c5c(ccc4c3)OCCCOc3ccc4cc(OCCCCCCOc6ccc(C7CCC(CCCCC)CC7)cc6)ccc4c3-5)cc2)CC1. The second-order valence-corrected chi connectivity index (χ2v) is 22.5. The van der Waals surface area contributed by atoms with Crippen LogP contribution >= 0.6 is 0 Å². The van der Waals surface area contributed by atoms with E-state index in [1.165, 1.54) is 114 Å². The van der Waals surface area contributed by atoms with E-state index in [4.69, 9.17) is 28.4 Å². The Morgan fingerprint density at radius 3 is 1.13 bits per heavy atom. The summed E-state index contributed by atoms with van der Waals surface area (Å²) in [6, 6.07) is 39.5. The van der Waals surface area contributed by atoms with Gasteiger partial charge in [0.1, 0.15) is 34.5 Å². The monoisotopic (exact) mass is 1010 g/mol. The second kappa shape index (κ2) is 29.2. The quantitative estimate of drug-likeness (QED) is 0.0457. The minimum atomic E-state index is 0.601. The summed E-state index contributed by atoms with van der Waals surface area (Å²) in [5, 5.41) is 4.48. The normalized spacial score (nSPS) is 18.7. The van der Waals surface area contributed by atoms with Crippen LogP contribution in [0.1, 0.15) is 197 Å². The number of hydrogen-bond acceptors (Lipinski definition) is 6. The van der Waals surface area contributed by atoms with Gasteiger partial charge in [-0.05, 0) is 232 Å². The predicted octanol–water partition coefficient (Wildman–Crippen LogP) is 19.6. The van der Waals surface area contributed by atoms with E-state index in [-0.39, 0.29) is 0 Å². The van der Waals surface area contributed by atoms with Gasteiger partial charge in [-0.2, -0.15) is 0 Å². The summed E-state index contributed by atoms with van der Waals surface area (Å²) in [5.74, 6) is 8.88. The summed E-state index contributed by atoms with van der Waals surface area (Å²) in [4.78, 5) is 0. The Hall–Kier alpha value is -5.36. The fourth-order valence-corrected chi connectivity index (χ4v) is 12.4. The van der Waals surface area contributed by atoms with Crippen LogP contribution < -0.4 is 28.4 Å². The molecule has 0 spiro atoms. The van der Waals surface area contributed by atoms with E-state index < -0.39 is 0 Å². The Balaban J connectivity index is 0.698. The standard InChI is InChI=1S/C69H90O6/c1-3-5-11-18-52-20-24-54(25-21-52)56-28-34-60(35-29-56)70-44-13-7-9-15-46-72-62-38-40-64-58(50-62)32-42-66-68(64)69-65-41-39-63(51-59(65)33-43-67(69)75-49-17-48-74-66)73-47-16-10-8-14-45-71-61-36-30-57(31-37-61)55-26-22-53(23-27-55)19-12-6-4-2/h28-43,50-55H,3-27,44-49H2,1-2H3. The van der Waals surface area contributed by atoms with Gasteiger partial charge in [0.15, 0.2) is 0 Å². The average molecular weight is 1020 g/mol. The Kier molecular flexibility index (Phi) is 21.2. The first-order valence-corrected chi connectivity index (χ1v) is 30.2. The molecular weight excluding hydrogens is 925 g/mol. The number of hydrogen-bond donors (Lipinski definition) is 0. The summed E-state index contributed by atoms with van der Waals surface area (Å²) < 4.78 is 37.9. The second-order valence-electron chi connectivity index (χ2n) is 22.5. The maximum atomic E-state index is 6.47. The molecule has 0 saturated heterocycles. The molecule has 2 fully saturated rings. The maximum absolute atomic E-state index is 6.47. The topological polar surface area (TPSA) is 55.4 Å². The highest BCUT2D eigenvalue weighted by Crippen LogP contribution is 2.47. The van der Waals surface area contributed by atoms with Gasteiger partial charge in [0.05, 0.1) is 39.6 Å². The highest BCUT2D eigenvalue weighted by molar-refractivity contribution is 6.10. The molecule has 0 radical (unpaired) electrons. The highest BCUT2D eigenvalue weighted by Gasteiger charge is 2.25. The van der Waals surface area contributed by atoms with Crippen molar-refractivity contribution in [3.05, 3.63) is 120 Å². The van der Waals surface area contributed by atoms with Gasteiger partial charge < -0.3 is 28.4 Å². The van der Waals surface area contributed by atoms with Crippen molar-refractivity contribution in [3.63, 3.8) is 0 Å². The predicted molar refractivity (Wildman–Crippen MR) is 312 cm³/mol. The summed E-state index contributed by atoms with van der Waals surface area (Å²) >= 11 is 0. The first-order valence-electron chi connectivity index (χ1n) is 30.2. The molecule has 6 nitrogen and oxygen atoms in total. The fraction of sp³-hybridized carbons (Fsp3) is 0.536. The zero-order chi connectivity index (χ0) is 51.3. The van der Waals surface area contributed by atoms with Crippen LogP contribution in [0, 0.1) is 11.8 Å². The van der Waals surface area contributed by atoms with Crippen molar-refractivity contribution >= 4 is 21.5 Å². The van der Waals surface area contributed by atoms with Gasteiger partial charge in [-0.1, -0.05) is 102 Å². The molecule has 0 N–H and O–H groups in total. The van der Waals surface area contributed by atoms with Gasteiger partial charge in [0.25, 0.3) is 0 Å². The van der Waals surface area contributed by atoms with E-state index in [9.17, 15) is 0 Å². The third kappa shape index (κ3) is 15.9. The van der Waals surface area contributed by atoms with Gasteiger partial charge >= 0.3 is 0 Å². The molecule has 9 rings (SSSR count). The molecule has 0 bridgehead atoms. The van der Waals surface area contributed by atoms with Crippen LogP contribution in [-0.2, 0) is 0 Å². The molecule has 6 heteroatoms. The molecule has 2 aliphatic carbocycles. The van der Waals surface area contributed by atoms with Crippen molar-refractivity contribution in [1.29, 1.82) is 0 Å². The maximum Gasteiger partial charge on any atom is 0.127 e. The number of rotatable bonds is 28. The molecule has 402 valence electrons. The summed E-state index contributed by atoms with van der Waals surface area (Å²) in [6.07, 6.45) is 31.5. The molecule has 0 unspecified atom stereocenters. The Morgan fingerprint density at radius 2 is 0.747 bits per heavy atom. The lowest BCUT2D eigenvalue weighted by molar-refractivity contribution is 0.252. The van der Waals surface area contributed by atoms with Crippen LogP contribution in [0.3, 0.4) is 0 Å². The van der Waals surface area contributed by atoms with E-state index in [1.54, 1.807) is 0 Å². The minimum absolute atomic E-state index is 0.601. The molecular formula is C69H90O6. The third-order valence-corrected chi connectivity index (χ3v) is 16.9. The molecule has 0 amide bonds. The van der Waals surface area contributed by atoms with E-state index in [0.717, 1.165) is 162 Å². The van der Waals surface area contributed by atoms with Crippen molar-refractivity contribution in [3.8, 4) is 45.6 Å². The number of fused-ring (bicyclic) bond motifs is 7. The molecule has 75 heavy (non-hydrogen) atoms. The Morgan fingerprint density at radius 1 is 0.373 bits per heavy atom. The van der Waals surface area contributed by atoms with Gasteiger partial charge in [-0.15, -0.1) is 0 Å². The van der Waals surface area contributed by atoms with Gasteiger partial charge in [-0.25, -0.2) is 0 Å². The number of ether oxygens (including phenoxy) is 6. The van der Waals surface area contributed by atoms with Crippen molar-refractivity contribution in [1.82, 2.24) is 0 Å². The van der Waals surface area contributed by atoms with Crippen LogP contribution in [0.15, 0.2) is 109 Å². The largest absolute Gasteiger partial charge is 0.494 e. The molecule has 1 heterocycles. The van der Waals surface area contributed by atoms with Crippen molar-refractivity contribution < 1.29 is 28.4 Å². The number of unbranched alkanes of at least 4 members (excludes halogenated alkanes) is 10. The first-order chi connectivity index (χ1) is 37.1. The Bertz CT molecular complexity index is 2420. The molecule has 6 aromatic carbocycles. The van der Waals surface area contributed by atoms with Crippen LogP contribution in [0.2, 0.25) is 0 Å². The van der Waals surface area contributed by atoms with E-state index in [2.05, 4.69) is 123 Å². The molecule has 0 atom stereocenters. The average Bonchev–Trinajstić information content (AvgIpc) is 3.54. The van der Waals surface area contributed by atoms with Crippen LogP contribution in [0.4, 0.5) is 0 Å². The summed E-state index contributed by atoms with van der Waals surface area (Å²) in [6.45, 7) is 8.71. The minimum Gasteiger partial charge on any atom is -0.494 e. The van der Waals surface area contributed by atoms with Gasteiger partial charge in [0, 0.05) is 17.5 Å². The van der Waals surface area contributed by atoms with Gasteiger partial charge in [0.2, 0.25) is 0 Å². The Labute approximate surface area is 451 Å². The fourth-order valence-electron chi connectivity index (χ4n) is 12.4. The lowest BCUT2D eigenvalue weighted by Gasteiger charge is -2.29. The first kappa shape index (κ1) is 54.4. The van der Waals surface area contributed by atoms with Crippen LogP contribution in [0.25, 0.3) is 32.7 Å². The van der Waals surface area contributed by atoms with Crippen molar-refractivity contribution in [2.75, 3.05) is 39.6 Å². The van der Waals surface area contributed by atoms with E-state index in [1.807, 2.05) is 0 Å². The molecule has 3 aliphatic rings. The summed E-state index contributed by atoms with van der Waals surface area (Å²) in [5.41, 5.74) is 5.12. The van der Waals surface area contributed by atoms with E-state index >= 15 is 0 Å². The summed E-state index contributed by atoms with van der Waals surface area (Å²) in [7, 11) is 0. The molecule has 6 aromatic rings. The molecule has 0 aromatic heterocycles. The lowest BCUT2D eigenvalue weighted by Crippen LogP contribution is -2.13. The smallest absolute Gasteiger partial charge is 0.127 e. The zero-order valence-corrected chi connectivity index (χ0v) is 46.1. The van der Waals surface area contributed by atoms with Crippen LogP contribution in [0.5, 0.6) is 34.5 Å². The highest BCUT2D eigenvalue weighted by atomic mass is 16.5. The molecule has 1 aliphatic heterocycles. The number of benzene rings is 6. The van der Waals surface area contributed by atoms with Gasteiger partial charge in [-0.3, -0.25) is 0 Å². The lowest BCUT2D eigenvalue weighted by atomic mass is 9.77. The van der Waals surface area contributed by atoms with Crippen molar-refractivity contribution in [2.24, 2.45) is 11.8 Å². The van der Waals surface area contributed by atoms with E-state index in [0.29, 0.717) is 26.4 Å².